The molecule has 0 fully saturated rings. The highest BCUT2D eigenvalue weighted by Crippen LogP contribution is 1.91. The van der Waals surface area contributed by atoms with E-state index in [0.717, 1.165) is 0 Å². The molecule has 0 amide bonds. The molecule has 0 aromatic carbocycles. The summed E-state index contributed by atoms with van der Waals surface area (Å²) in [5.41, 5.74) is 0. The van der Waals surface area contributed by atoms with Gasteiger partial charge in [-0.2, -0.15) is 3.63 Å². The van der Waals surface area contributed by atoms with Gasteiger partial charge in [-0.3, -0.25) is 0 Å². The van der Waals surface area contributed by atoms with Crippen molar-refractivity contribution in [3.8, 4) is 0 Å². The molecule has 10 nitrogen and oxygen atoms in total. The van der Waals surface area contributed by atoms with Crippen molar-refractivity contribution in [2.75, 3.05) is 0 Å². The first-order valence-corrected chi connectivity index (χ1v) is 4.00. The van der Waals surface area contributed by atoms with Gasteiger partial charge in [-0.1, -0.05) is 0 Å². The summed E-state index contributed by atoms with van der Waals surface area (Å²) in [5.74, 6) is 0. The molecule has 0 aromatic heterocycles. The third kappa shape index (κ3) is 22.6. The zero-order valence-corrected chi connectivity index (χ0v) is 7.81. The topological polar surface area (TPSA) is 228 Å². The Morgan fingerprint density at radius 1 is 0.833 bits per heavy atom. The van der Waals surface area contributed by atoms with Crippen molar-refractivity contribution >= 4 is 20.8 Å². The molecule has 0 bridgehead atoms. The summed E-state index contributed by atoms with van der Waals surface area (Å²) in [6, 6.07) is 0. The summed E-state index contributed by atoms with van der Waals surface area (Å²) in [6.07, 6.45) is 0. The highest BCUT2D eigenvalue weighted by atomic mass is 32.3. The van der Waals surface area contributed by atoms with Gasteiger partial charge in [0.2, 0.25) is 20.8 Å². The van der Waals surface area contributed by atoms with E-state index >= 15 is 0 Å². The average molecular weight is 230 g/mol. The Labute approximate surface area is 68.9 Å². The lowest BCUT2D eigenvalue weighted by Crippen LogP contribution is -2.11. The third-order valence-electron chi connectivity index (χ3n) is 0.167. The minimum Gasteiger partial charge on any atom is -0.725 e. The molecular weight excluding hydrogens is 220 g/mol. The normalized spacial score (nSPS) is 10.2. The molecule has 12 heteroatoms. The van der Waals surface area contributed by atoms with Crippen LogP contribution in [0.25, 0.3) is 0 Å². The Morgan fingerprint density at radius 2 is 1.00 bits per heavy atom. The van der Waals surface area contributed by atoms with Crippen molar-refractivity contribution in [1.29, 1.82) is 0 Å². The van der Waals surface area contributed by atoms with E-state index < -0.39 is 20.8 Å². The van der Waals surface area contributed by atoms with Crippen LogP contribution in [0.5, 0.6) is 0 Å². The molecule has 0 aliphatic rings. The Kier molecular flexibility index (Phi) is 11.7. The number of hydrogen-bond acceptors (Lipinski definition) is 7. The summed E-state index contributed by atoms with van der Waals surface area (Å²) in [5, 5.41) is 0. The monoisotopic (exact) mass is 230 g/mol. The van der Waals surface area contributed by atoms with Crippen molar-refractivity contribution in [3.63, 3.8) is 0 Å². The molecule has 10 N–H and O–H groups in total. The second-order valence-electron chi connectivity index (χ2n) is 0.885. The minimum atomic E-state index is -5.43. The van der Waals surface area contributed by atoms with Gasteiger partial charge in [-0.05, 0) is 0 Å². The van der Waals surface area contributed by atoms with E-state index in [2.05, 4.69) is 3.63 Å². The van der Waals surface area contributed by atoms with Gasteiger partial charge >= 0.3 is 0 Å². The zero-order valence-electron chi connectivity index (χ0n) is 6.17. The van der Waals surface area contributed by atoms with Crippen LogP contribution < -0.4 is 12.3 Å². The molecule has 0 heterocycles. The van der Waals surface area contributed by atoms with Crippen LogP contribution in [-0.4, -0.2) is 31.4 Å². The van der Waals surface area contributed by atoms with Crippen LogP contribution in [0, 0.1) is 0 Å². The molecule has 0 radical (unpaired) electrons. The largest absolute Gasteiger partial charge is 0.725 e. The SMILES string of the molecule is O.O=S(=O)([O-])OS(=O)(=O)[O-].[NH4+].[NH4+]. The first-order valence-electron chi connectivity index (χ1n) is 1.33. The van der Waals surface area contributed by atoms with Gasteiger partial charge in [0, 0.05) is 0 Å². The molecule has 0 rings (SSSR count). The Hall–Kier alpha value is -0.340. The predicted octanol–water partition coefficient (Wildman–Crippen LogP) is -2.15. The quantitative estimate of drug-likeness (QED) is 0.393. The molecule has 0 saturated heterocycles. The molecule has 0 atom stereocenters. The van der Waals surface area contributed by atoms with Crippen LogP contribution in [0.15, 0.2) is 0 Å². The highest BCUT2D eigenvalue weighted by Gasteiger charge is 1.99. The summed E-state index contributed by atoms with van der Waals surface area (Å²) in [4.78, 5) is 0. The maximum absolute atomic E-state index is 9.29. The van der Waals surface area contributed by atoms with E-state index in [1.54, 1.807) is 0 Å². The fourth-order valence-corrected chi connectivity index (χ4v) is 0.919. The maximum atomic E-state index is 9.29. The first kappa shape index (κ1) is 22.6. The Morgan fingerprint density at radius 3 is 1.00 bits per heavy atom. The number of hydrogen-bond donors (Lipinski definition) is 2. The van der Waals surface area contributed by atoms with Crippen LogP contribution in [0.1, 0.15) is 0 Å². The molecule has 80 valence electrons. The highest BCUT2D eigenvalue weighted by molar-refractivity contribution is 7.94. The fourth-order valence-electron chi connectivity index (χ4n) is 0.102. The molecule has 0 aliphatic heterocycles. The zero-order chi connectivity index (χ0) is 7.71. The maximum Gasteiger partial charge on any atom is 0.231 e. The van der Waals surface area contributed by atoms with Gasteiger partial charge in [0.05, 0.1) is 0 Å². The lowest BCUT2D eigenvalue weighted by Gasteiger charge is -2.08. The lowest BCUT2D eigenvalue weighted by molar-refractivity contribution is 0.329. The summed E-state index contributed by atoms with van der Waals surface area (Å²) >= 11 is 0. The Balaban J connectivity index is -0.000000107. The van der Waals surface area contributed by atoms with Crippen LogP contribution in [0.3, 0.4) is 0 Å². The second-order valence-corrected chi connectivity index (χ2v) is 3.06. The van der Waals surface area contributed by atoms with Gasteiger partial charge in [0.15, 0.2) is 0 Å². The van der Waals surface area contributed by atoms with Crippen LogP contribution in [0.2, 0.25) is 0 Å². The van der Waals surface area contributed by atoms with Gasteiger partial charge in [0.1, 0.15) is 0 Å². The molecule has 0 aromatic rings. The first-order chi connectivity index (χ1) is 3.71. The van der Waals surface area contributed by atoms with Crippen molar-refractivity contribution in [2.45, 2.75) is 0 Å². The minimum absolute atomic E-state index is 0. The van der Waals surface area contributed by atoms with Gasteiger partial charge in [-0.15, -0.1) is 0 Å². The summed E-state index contributed by atoms with van der Waals surface area (Å²) in [7, 11) is -10.9. The van der Waals surface area contributed by atoms with Gasteiger partial charge in [-0.25, -0.2) is 16.8 Å². The van der Waals surface area contributed by atoms with E-state index in [4.69, 9.17) is 0 Å². The Bertz CT molecular complexity index is 240. The van der Waals surface area contributed by atoms with Crippen molar-refractivity contribution in [2.24, 2.45) is 0 Å². The van der Waals surface area contributed by atoms with Crippen molar-refractivity contribution < 1.29 is 35.0 Å². The summed E-state index contributed by atoms with van der Waals surface area (Å²) in [6.45, 7) is 0. The van der Waals surface area contributed by atoms with Crippen LogP contribution in [0.4, 0.5) is 0 Å². The van der Waals surface area contributed by atoms with Crippen molar-refractivity contribution in [1.82, 2.24) is 12.3 Å². The van der Waals surface area contributed by atoms with Crippen molar-refractivity contribution in [3.05, 3.63) is 0 Å². The molecule has 0 spiro atoms. The van der Waals surface area contributed by atoms with Crippen LogP contribution >= 0.6 is 0 Å². The molecule has 0 unspecified atom stereocenters. The van der Waals surface area contributed by atoms with E-state index in [-0.39, 0.29) is 17.8 Å². The molecule has 0 saturated carbocycles. The lowest BCUT2D eigenvalue weighted by atomic mass is 14.0. The van der Waals surface area contributed by atoms with E-state index in [1.807, 2.05) is 0 Å². The average Bonchev–Trinajstić information content (AvgIpc) is 1.14. The third-order valence-corrected chi connectivity index (χ3v) is 1.50. The fraction of sp³-hybridized carbons (Fsp3) is 0. The predicted molar refractivity (Wildman–Crippen MR) is 36.1 cm³/mol. The van der Waals surface area contributed by atoms with Gasteiger partial charge < -0.3 is 26.9 Å². The molecule has 12 heavy (non-hydrogen) atoms. The molecular formula is H10N2O8S2. The number of quaternary nitrogens is 2. The standard InChI is InChI=1S/2H3N.H2O7S2.H2O/c;;1-8(2,3)7-9(4,5)6;/h2*1H3;(H,1,2,3)(H,4,5,6);1H2. The summed E-state index contributed by atoms with van der Waals surface area (Å²) < 4.78 is 58.2. The van der Waals surface area contributed by atoms with E-state index in [1.165, 1.54) is 0 Å². The van der Waals surface area contributed by atoms with E-state index in [0.29, 0.717) is 0 Å². The smallest absolute Gasteiger partial charge is 0.231 e. The second kappa shape index (κ2) is 6.21. The van der Waals surface area contributed by atoms with Crippen LogP contribution in [-0.2, 0) is 24.4 Å². The van der Waals surface area contributed by atoms with Gasteiger partial charge in [0.25, 0.3) is 0 Å². The molecule has 0 aliphatic carbocycles. The number of rotatable bonds is 2. The van der Waals surface area contributed by atoms with E-state index in [9.17, 15) is 25.9 Å².